The molecule has 0 radical (unpaired) electrons. The smallest absolute Gasteiger partial charge is 0.325 e. The number of fused-ring (bicyclic) bond motifs is 2. The zero-order valence-corrected chi connectivity index (χ0v) is 12.8. The number of hydrogen-bond donors (Lipinski definition) is 0. The van der Waals surface area contributed by atoms with Gasteiger partial charge in [0.05, 0.1) is 7.11 Å². The molecule has 2 saturated carbocycles. The number of ether oxygens (including phenoxy) is 1. The van der Waals surface area contributed by atoms with Gasteiger partial charge in [0.25, 0.3) is 5.91 Å². The molecule has 23 heavy (non-hydrogen) atoms. The molecule has 1 aliphatic heterocycles. The van der Waals surface area contributed by atoms with Crippen LogP contribution in [0.5, 0.6) is 0 Å². The van der Waals surface area contributed by atoms with E-state index in [0.717, 1.165) is 18.4 Å². The van der Waals surface area contributed by atoms with Gasteiger partial charge in [-0.25, -0.2) is 8.78 Å². The molecule has 2 aliphatic carbocycles. The Hall–Kier alpha value is -1.98. The summed E-state index contributed by atoms with van der Waals surface area (Å²) in [6.45, 7) is 0.341. The molecule has 1 amide bonds. The van der Waals surface area contributed by atoms with Crippen molar-refractivity contribution in [2.24, 2.45) is 0 Å². The van der Waals surface area contributed by atoms with Gasteiger partial charge in [-0.2, -0.15) is 0 Å². The van der Waals surface area contributed by atoms with Crippen LogP contribution in [0.1, 0.15) is 40.7 Å². The molecule has 6 heteroatoms. The fourth-order valence-corrected chi connectivity index (χ4v) is 3.55. The lowest BCUT2D eigenvalue weighted by molar-refractivity contribution is -0.141. The Bertz CT molecular complexity index is 716. The monoisotopic (exact) mass is 321 g/mol. The summed E-state index contributed by atoms with van der Waals surface area (Å²) in [5.41, 5.74) is -0.496. The molecule has 0 aromatic heterocycles. The summed E-state index contributed by atoms with van der Waals surface area (Å²) in [7, 11) is 1.29. The molecule has 1 aromatic carbocycles. The van der Waals surface area contributed by atoms with Gasteiger partial charge in [-0.1, -0.05) is 12.1 Å². The number of alkyl halides is 2. The first kappa shape index (κ1) is 14.6. The maximum absolute atomic E-state index is 14.3. The zero-order chi connectivity index (χ0) is 16.4. The molecule has 3 aliphatic rings. The van der Waals surface area contributed by atoms with Crippen molar-refractivity contribution < 1.29 is 23.1 Å². The Labute approximate surface area is 132 Å². The van der Waals surface area contributed by atoms with Gasteiger partial charge in [-0.15, -0.1) is 0 Å². The minimum atomic E-state index is -1.89. The van der Waals surface area contributed by atoms with Crippen molar-refractivity contribution >= 4 is 11.9 Å². The Morgan fingerprint density at radius 3 is 2.70 bits per heavy atom. The first-order chi connectivity index (χ1) is 10.9. The van der Waals surface area contributed by atoms with Crippen molar-refractivity contribution in [1.29, 1.82) is 0 Å². The number of benzene rings is 1. The van der Waals surface area contributed by atoms with Gasteiger partial charge in [-0.05, 0) is 30.0 Å². The van der Waals surface area contributed by atoms with E-state index >= 15 is 0 Å². The molecule has 2 atom stereocenters. The van der Waals surface area contributed by atoms with Gasteiger partial charge in [-0.3, -0.25) is 9.59 Å². The highest BCUT2D eigenvalue weighted by molar-refractivity contribution is 5.99. The van der Waals surface area contributed by atoms with Crippen LogP contribution in [-0.2, 0) is 20.6 Å². The van der Waals surface area contributed by atoms with E-state index < -0.39 is 17.8 Å². The van der Waals surface area contributed by atoms with Crippen LogP contribution in [-0.4, -0.2) is 43.1 Å². The fraction of sp³-hybridized carbons (Fsp3) is 0.529. The molecular weight excluding hydrogens is 304 g/mol. The maximum atomic E-state index is 14.3. The van der Waals surface area contributed by atoms with Crippen molar-refractivity contribution in [2.45, 2.75) is 36.5 Å². The van der Waals surface area contributed by atoms with Gasteiger partial charge in [0, 0.05) is 23.9 Å². The van der Waals surface area contributed by atoms with E-state index in [0.29, 0.717) is 17.7 Å². The number of carbonyl (C=O) groups is 2. The maximum Gasteiger partial charge on any atom is 0.325 e. The van der Waals surface area contributed by atoms with Crippen LogP contribution in [0, 0.1) is 0 Å². The highest BCUT2D eigenvalue weighted by Gasteiger charge is 2.59. The summed E-state index contributed by atoms with van der Waals surface area (Å²) in [5.74, 6) is -0.717. The summed E-state index contributed by atoms with van der Waals surface area (Å²) in [5, 5.41) is 0. The first-order valence-corrected chi connectivity index (χ1v) is 7.74. The van der Waals surface area contributed by atoms with E-state index in [1.165, 1.54) is 18.1 Å². The number of esters is 1. The third-order valence-electron chi connectivity index (χ3n) is 5.30. The van der Waals surface area contributed by atoms with Crippen molar-refractivity contribution in [3.8, 4) is 0 Å². The lowest BCUT2D eigenvalue weighted by atomic mass is 9.84. The van der Waals surface area contributed by atoms with E-state index in [-0.39, 0.29) is 24.3 Å². The average molecular weight is 321 g/mol. The number of nitrogens with zero attached hydrogens (tertiary/aromatic N) is 1. The molecule has 122 valence electrons. The van der Waals surface area contributed by atoms with Crippen molar-refractivity contribution in [1.82, 2.24) is 4.90 Å². The van der Waals surface area contributed by atoms with Crippen LogP contribution in [0.25, 0.3) is 0 Å². The lowest BCUT2D eigenvalue weighted by Gasteiger charge is -2.34. The second kappa shape index (κ2) is 4.52. The first-order valence-electron chi connectivity index (χ1n) is 7.74. The molecule has 1 unspecified atom stereocenters. The molecule has 0 N–H and O–H groups in total. The molecule has 2 fully saturated rings. The SMILES string of the molecule is COC(=O)CN1CC2(CC2)c2cc([C@]3(F)CC3F)ccc2C1=O. The molecule has 1 aromatic rings. The Kier molecular flexibility index (Phi) is 2.87. The van der Waals surface area contributed by atoms with E-state index in [1.54, 1.807) is 12.1 Å². The lowest BCUT2D eigenvalue weighted by Crippen LogP contribution is -2.46. The minimum absolute atomic E-state index is 0.0854. The van der Waals surface area contributed by atoms with Crippen LogP contribution in [0.4, 0.5) is 8.78 Å². The molecule has 1 heterocycles. The Morgan fingerprint density at radius 2 is 2.13 bits per heavy atom. The normalized spacial score (nSPS) is 30.1. The highest BCUT2D eigenvalue weighted by atomic mass is 19.2. The van der Waals surface area contributed by atoms with E-state index in [9.17, 15) is 18.4 Å². The van der Waals surface area contributed by atoms with Gasteiger partial charge in [0.1, 0.15) is 12.7 Å². The Morgan fingerprint density at radius 1 is 1.43 bits per heavy atom. The van der Waals surface area contributed by atoms with Gasteiger partial charge in [0.2, 0.25) is 0 Å². The van der Waals surface area contributed by atoms with Crippen molar-refractivity contribution in [2.75, 3.05) is 20.2 Å². The predicted octanol–water partition coefficient (Wildman–Crippen LogP) is 2.25. The van der Waals surface area contributed by atoms with Gasteiger partial charge in [0.15, 0.2) is 5.67 Å². The molecular formula is C17H17F2NO3. The van der Waals surface area contributed by atoms with Crippen LogP contribution in [0.15, 0.2) is 18.2 Å². The van der Waals surface area contributed by atoms with Gasteiger partial charge < -0.3 is 9.64 Å². The number of carbonyl (C=O) groups excluding carboxylic acids is 2. The molecule has 4 nitrogen and oxygen atoms in total. The average Bonchev–Trinajstić information content (AvgIpc) is 3.44. The highest BCUT2D eigenvalue weighted by Crippen LogP contribution is 2.56. The van der Waals surface area contributed by atoms with E-state index in [1.807, 2.05) is 0 Å². The van der Waals surface area contributed by atoms with Crippen molar-refractivity contribution in [3.63, 3.8) is 0 Å². The van der Waals surface area contributed by atoms with Crippen LogP contribution < -0.4 is 0 Å². The van der Waals surface area contributed by atoms with Crippen LogP contribution in [0.3, 0.4) is 0 Å². The van der Waals surface area contributed by atoms with E-state index in [2.05, 4.69) is 4.74 Å². The van der Waals surface area contributed by atoms with Crippen LogP contribution >= 0.6 is 0 Å². The molecule has 1 spiro atoms. The molecule has 4 rings (SSSR count). The van der Waals surface area contributed by atoms with Crippen molar-refractivity contribution in [3.05, 3.63) is 34.9 Å². The summed E-state index contributed by atoms with van der Waals surface area (Å²) in [6, 6.07) is 4.73. The molecule has 0 saturated heterocycles. The van der Waals surface area contributed by atoms with Crippen LogP contribution in [0.2, 0.25) is 0 Å². The second-order valence-electron chi connectivity index (χ2n) is 6.81. The number of rotatable bonds is 3. The second-order valence-corrected chi connectivity index (χ2v) is 6.81. The fourth-order valence-electron chi connectivity index (χ4n) is 3.55. The molecule has 0 bridgehead atoms. The largest absolute Gasteiger partial charge is 0.468 e. The summed E-state index contributed by atoms with van der Waals surface area (Å²) in [6.07, 6.45) is 0.201. The number of hydrogen-bond acceptors (Lipinski definition) is 3. The third-order valence-corrected chi connectivity index (χ3v) is 5.30. The zero-order valence-electron chi connectivity index (χ0n) is 12.8. The number of amides is 1. The summed E-state index contributed by atoms with van der Waals surface area (Å²) >= 11 is 0. The topological polar surface area (TPSA) is 46.6 Å². The number of methoxy groups -OCH3 is 1. The third kappa shape index (κ3) is 2.07. The quantitative estimate of drug-likeness (QED) is 0.802. The van der Waals surface area contributed by atoms with E-state index in [4.69, 9.17) is 0 Å². The summed E-state index contributed by atoms with van der Waals surface area (Å²) < 4.78 is 32.3. The predicted molar refractivity (Wildman–Crippen MR) is 77.6 cm³/mol. The Balaban J connectivity index is 1.71. The summed E-state index contributed by atoms with van der Waals surface area (Å²) in [4.78, 5) is 25.6. The minimum Gasteiger partial charge on any atom is -0.468 e. The number of halogens is 2. The standard InChI is InChI=1S/C17H17F2NO3/c1-23-14(21)8-20-9-16(4-5-16)12-6-10(17(19)7-13(17)18)2-3-11(12)15(20)22/h2-3,6,13H,4-5,7-9H2,1H3/t13?,17-/m1/s1. The van der Waals surface area contributed by atoms with Gasteiger partial charge >= 0.3 is 5.97 Å².